The van der Waals surface area contributed by atoms with E-state index >= 15 is 0 Å². The van der Waals surface area contributed by atoms with Gasteiger partial charge in [0.2, 0.25) is 0 Å². The maximum absolute atomic E-state index is 12.6. The predicted octanol–water partition coefficient (Wildman–Crippen LogP) is 3.58. The summed E-state index contributed by atoms with van der Waals surface area (Å²) in [4.78, 5) is 27.0. The fourth-order valence-electron chi connectivity index (χ4n) is 4.34. The van der Waals surface area contributed by atoms with Crippen LogP contribution in [0.25, 0.3) is 0 Å². The summed E-state index contributed by atoms with van der Waals surface area (Å²) in [7, 11) is 0. The van der Waals surface area contributed by atoms with Gasteiger partial charge in [-0.15, -0.1) is 0 Å². The number of likely N-dealkylation sites (N-methyl/N-ethyl adjacent to an activating group) is 1. The van der Waals surface area contributed by atoms with Crippen molar-refractivity contribution >= 4 is 29.6 Å². The number of carbonyl (C=O) groups is 2. The molecule has 0 radical (unpaired) electrons. The lowest BCUT2D eigenvalue weighted by atomic mass is 9.97. The van der Waals surface area contributed by atoms with Crippen LogP contribution in [-0.2, 0) is 16.1 Å². The number of nitrogens with zero attached hydrogens (tertiary/aromatic N) is 2. The van der Waals surface area contributed by atoms with Crippen molar-refractivity contribution in [2.24, 2.45) is 5.92 Å². The highest BCUT2D eigenvalue weighted by atomic mass is 16.3. The molecule has 2 aromatic carbocycles. The van der Waals surface area contributed by atoms with Gasteiger partial charge < -0.3 is 20.3 Å². The molecule has 1 aliphatic rings. The predicted molar refractivity (Wildman–Crippen MR) is 140 cm³/mol. The van der Waals surface area contributed by atoms with Gasteiger partial charge in [-0.05, 0) is 68.1 Å². The Kier molecular flexibility index (Phi) is 8.82. The second-order valence-corrected chi connectivity index (χ2v) is 9.39. The Morgan fingerprint density at radius 1 is 1.14 bits per heavy atom. The first-order chi connectivity index (χ1) is 17.2. The van der Waals surface area contributed by atoms with Crippen LogP contribution >= 0.6 is 0 Å². The molecule has 0 aliphatic carbocycles. The van der Waals surface area contributed by atoms with Gasteiger partial charge in [-0.25, -0.2) is 0 Å². The summed E-state index contributed by atoms with van der Waals surface area (Å²) in [6.45, 7) is 8.25. The molecule has 5 N–H and O–H groups in total. The largest absolute Gasteiger partial charge is 0.508 e. The first-order valence-electron chi connectivity index (χ1n) is 12.2. The quantitative estimate of drug-likeness (QED) is 0.227. The van der Waals surface area contributed by atoms with Gasteiger partial charge >= 0.3 is 0 Å². The molecular weight excluding hydrogens is 458 g/mol. The number of piperidine rings is 1. The van der Waals surface area contributed by atoms with Crippen LogP contribution in [0, 0.1) is 16.7 Å². The number of aldehydes is 1. The van der Waals surface area contributed by atoms with Crippen LogP contribution in [0.3, 0.4) is 0 Å². The summed E-state index contributed by atoms with van der Waals surface area (Å²) >= 11 is 0. The first-order valence-corrected chi connectivity index (χ1v) is 12.2. The Morgan fingerprint density at radius 3 is 2.33 bits per heavy atom. The van der Waals surface area contributed by atoms with Crippen molar-refractivity contribution in [3.05, 3.63) is 53.1 Å². The zero-order chi connectivity index (χ0) is 26.4. The van der Waals surface area contributed by atoms with Crippen LogP contribution in [-0.4, -0.2) is 58.6 Å². The summed E-state index contributed by atoms with van der Waals surface area (Å²) in [5.74, 6) is -1.68. The third-order valence-corrected chi connectivity index (χ3v) is 6.45. The average molecular weight is 494 g/mol. The maximum Gasteiger partial charge on any atom is 0.287 e. The van der Waals surface area contributed by atoms with E-state index in [1.54, 1.807) is 19.1 Å². The Balaban J connectivity index is 1.91. The summed E-state index contributed by atoms with van der Waals surface area (Å²) in [5.41, 5.74) is 2.12. The van der Waals surface area contributed by atoms with Crippen molar-refractivity contribution in [3.8, 4) is 11.5 Å². The molecule has 0 atom stereocenters. The number of nitrogens with one attached hydrogen (secondary N) is 3. The number of amidine groups is 2. The average Bonchev–Trinajstić information content (AvgIpc) is 2.85. The molecule has 192 valence electrons. The third kappa shape index (κ3) is 6.09. The minimum Gasteiger partial charge on any atom is -0.508 e. The molecular formula is C27H35N5O4. The summed E-state index contributed by atoms with van der Waals surface area (Å²) in [5, 5.41) is 40.7. The fourth-order valence-corrected chi connectivity index (χ4v) is 4.34. The van der Waals surface area contributed by atoms with Crippen LogP contribution < -0.4 is 10.2 Å². The van der Waals surface area contributed by atoms with Crippen molar-refractivity contribution < 1.29 is 19.8 Å². The lowest BCUT2D eigenvalue weighted by Crippen LogP contribution is -2.46. The maximum atomic E-state index is 12.6. The van der Waals surface area contributed by atoms with E-state index < -0.39 is 11.7 Å². The lowest BCUT2D eigenvalue weighted by molar-refractivity contribution is -0.115. The van der Waals surface area contributed by atoms with Crippen LogP contribution in [0.1, 0.15) is 56.2 Å². The number of anilines is 1. The summed E-state index contributed by atoms with van der Waals surface area (Å²) in [6, 6.07) is 9.98. The Morgan fingerprint density at radius 2 is 1.78 bits per heavy atom. The van der Waals surface area contributed by atoms with Crippen molar-refractivity contribution in [2.75, 3.05) is 24.5 Å². The first kappa shape index (κ1) is 26.9. The Bertz CT molecular complexity index is 1120. The molecule has 0 saturated carbocycles. The zero-order valence-electron chi connectivity index (χ0n) is 21.0. The number of phenolic OH excluding ortho intramolecular Hbond substituents is 2. The molecule has 1 saturated heterocycles. The van der Waals surface area contributed by atoms with E-state index in [4.69, 9.17) is 10.8 Å². The van der Waals surface area contributed by atoms with Crippen LogP contribution in [0.2, 0.25) is 0 Å². The highest BCUT2D eigenvalue weighted by Crippen LogP contribution is 2.34. The number of aromatic hydroxyl groups is 2. The molecule has 2 aromatic rings. The van der Waals surface area contributed by atoms with Crippen molar-refractivity contribution in [1.82, 2.24) is 10.2 Å². The van der Waals surface area contributed by atoms with Crippen molar-refractivity contribution in [3.63, 3.8) is 0 Å². The van der Waals surface area contributed by atoms with E-state index in [0.29, 0.717) is 24.3 Å². The molecule has 0 bridgehead atoms. The van der Waals surface area contributed by atoms with Gasteiger partial charge in [-0.2, -0.15) is 0 Å². The molecule has 9 heteroatoms. The van der Waals surface area contributed by atoms with Gasteiger partial charge in [0.05, 0.1) is 5.56 Å². The van der Waals surface area contributed by atoms with Crippen LogP contribution in [0.5, 0.6) is 11.5 Å². The van der Waals surface area contributed by atoms with E-state index in [1.807, 2.05) is 26.0 Å². The smallest absolute Gasteiger partial charge is 0.287 e. The summed E-state index contributed by atoms with van der Waals surface area (Å²) < 4.78 is 0. The van der Waals surface area contributed by atoms with Gasteiger partial charge in [0.25, 0.3) is 5.91 Å². The van der Waals surface area contributed by atoms with Gasteiger partial charge in [-0.3, -0.25) is 25.4 Å². The van der Waals surface area contributed by atoms with Gasteiger partial charge in [0, 0.05) is 30.8 Å². The lowest BCUT2D eigenvalue weighted by Gasteiger charge is -2.30. The van der Waals surface area contributed by atoms with Gasteiger partial charge in [0.1, 0.15) is 23.6 Å². The molecule has 0 aromatic heterocycles. The minimum absolute atomic E-state index is 0.0654. The minimum atomic E-state index is -0.647. The summed E-state index contributed by atoms with van der Waals surface area (Å²) in [6.07, 6.45) is 2.74. The standard InChI is InChI=1S/C27H35N5O4/c1-4-30-27(36)26(29)32(25(28)22-13-21(17(2)3)23(34)14-24(22)35)20-7-5-18(6-8-20)15-31-11-9-19(16-33)10-12-31/h5-8,13-14,16-17,19,28-29,34-35H,4,9-12,15H2,1-3H3,(H,30,36). The van der Waals surface area contributed by atoms with Crippen LogP contribution in [0.15, 0.2) is 36.4 Å². The van der Waals surface area contributed by atoms with Gasteiger partial charge in [0.15, 0.2) is 5.84 Å². The molecule has 1 heterocycles. The van der Waals surface area contributed by atoms with E-state index in [0.717, 1.165) is 37.8 Å². The van der Waals surface area contributed by atoms with Crippen molar-refractivity contribution in [1.29, 1.82) is 10.8 Å². The third-order valence-electron chi connectivity index (χ3n) is 6.45. The van der Waals surface area contributed by atoms with Crippen molar-refractivity contribution in [2.45, 2.75) is 46.1 Å². The second-order valence-electron chi connectivity index (χ2n) is 9.39. The highest BCUT2D eigenvalue weighted by Gasteiger charge is 2.27. The molecule has 36 heavy (non-hydrogen) atoms. The number of hydrogen-bond acceptors (Lipinski definition) is 7. The van der Waals surface area contributed by atoms with E-state index in [1.165, 1.54) is 17.0 Å². The zero-order valence-corrected chi connectivity index (χ0v) is 21.0. The Hall–Kier alpha value is -3.72. The van der Waals surface area contributed by atoms with E-state index in [-0.39, 0.29) is 34.7 Å². The number of amides is 1. The number of carbonyl (C=O) groups excluding carboxylic acids is 2. The van der Waals surface area contributed by atoms with E-state index in [2.05, 4.69) is 10.2 Å². The number of likely N-dealkylation sites (tertiary alicyclic amines) is 1. The highest BCUT2D eigenvalue weighted by molar-refractivity contribution is 6.48. The molecule has 0 spiro atoms. The molecule has 3 rings (SSSR count). The Labute approximate surface area is 211 Å². The molecule has 9 nitrogen and oxygen atoms in total. The molecule has 1 aliphatic heterocycles. The second kappa shape index (κ2) is 11.8. The van der Waals surface area contributed by atoms with E-state index in [9.17, 15) is 19.8 Å². The number of hydrogen-bond donors (Lipinski definition) is 5. The fraction of sp³-hybridized carbons (Fsp3) is 0.407. The molecule has 1 amide bonds. The molecule has 0 unspecified atom stereocenters. The number of rotatable bonds is 7. The topological polar surface area (TPSA) is 141 Å². The number of phenols is 2. The van der Waals surface area contributed by atoms with Crippen LogP contribution in [0.4, 0.5) is 5.69 Å². The SMILES string of the molecule is CCNC(=O)C(=N)N(C(=N)c1cc(C(C)C)c(O)cc1O)c1ccc(CN2CCC(C=O)CC2)cc1. The monoisotopic (exact) mass is 493 g/mol. The van der Waals surface area contributed by atoms with Gasteiger partial charge in [-0.1, -0.05) is 26.0 Å². The molecule has 1 fully saturated rings. The normalized spacial score (nSPS) is 14.4. The number of benzene rings is 2.